The van der Waals surface area contributed by atoms with Crippen molar-refractivity contribution >= 4 is 35.6 Å². The van der Waals surface area contributed by atoms with E-state index in [2.05, 4.69) is 20.1 Å². The Labute approximate surface area is 188 Å². The van der Waals surface area contributed by atoms with E-state index in [4.69, 9.17) is 9.47 Å². The molecule has 1 saturated heterocycles. The first-order chi connectivity index (χ1) is 13.7. The van der Waals surface area contributed by atoms with Crippen LogP contribution in [-0.4, -0.2) is 58.3 Å². The van der Waals surface area contributed by atoms with Crippen LogP contribution in [0.4, 0.5) is 10.1 Å². The highest BCUT2D eigenvalue weighted by Crippen LogP contribution is 2.30. The predicted octanol–water partition coefficient (Wildman–Crippen LogP) is 3.36. The lowest BCUT2D eigenvalue weighted by Gasteiger charge is -2.37. The summed E-state index contributed by atoms with van der Waals surface area (Å²) in [6.07, 6.45) is 0. The van der Waals surface area contributed by atoms with Gasteiger partial charge in [-0.15, -0.1) is 24.0 Å². The van der Waals surface area contributed by atoms with Crippen molar-refractivity contribution in [3.05, 3.63) is 53.8 Å². The minimum Gasteiger partial charge on any atom is -0.493 e. The van der Waals surface area contributed by atoms with E-state index < -0.39 is 0 Å². The van der Waals surface area contributed by atoms with Crippen LogP contribution in [0.15, 0.2) is 47.5 Å². The summed E-state index contributed by atoms with van der Waals surface area (Å²) >= 11 is 0. The number of piperazine rings is 1. The third-order valence-electron chi connectivity index (χ3n) is 4.91. The zero-order valence-electron chi connectivity index (χ0n) is 17.0. The van der Waals surface area contributed by atoms with E-state index in [-0.39, 0.29) is 29.8 Å². The van der Waals surface area contributed by atoms with Gasteiger partial charge in [-0.2, -0.15) is 0 Å². The Kier molecular flexibility index (Phi) is 8.81. The van der Waals surface area contributed by atoms with Gasteiger partial charge in [-0.3, -0.25) is 4.99 Å². The number of hydrogen-bond donors (Lipinski definition) is 1. The van der Waals surface area contributed by atoms with Crippen LogP contribution in [-0.2, 0) is 6.54 Å². The van der Waals surface area contributed by atoms with Crippen LogP contribution >= 0.6 is 24.0 Å². The molecule has 3 rings (SSSR count). The number of halogens is 2. The second kappa shape index (κ2) is 11.1. The number of ether oxygens (including phenoxy) is 2. The molecule has 1 N–H and O–H groups in total. The highest BCUT2D eigenvalue weighted by molar-refractivity contribution is 14.0. The topological polar surface area (TPSA) is 49.3 Å². The highest BCUT2D eigenvalue weighted by Gasteiger charge is 2.21. The standard InChI is InChI=1S/C21H27FN4O2.HI/c1-23-21(24-15-16-7-6-10-19(27-2)20(16)28-3)26-13-11-25(12-14-26)18-9-5-4-8-17(18)22;/h4-10H,11-15H2,1-3H3,(H,23,24);1H. The number of nitrogens with one attached hydrogen (secondary N) is 1. The number of guanidine groups is 1. The molecule has 0 atom stereocenters. The quantitative estimate of drug-likeness (QED) is 0.377. The molecule has 1 heterocycles. The van der Waals surface area contributed by atoms with Gasteiger partial charge >= 0.3 is 0 Å². The number of aliphatic imine (C=N–C) groups is 1. The zero-order valence-corrected chi connectivity index (χ0v) is 19.4. The van der Waals surface area contributed by atoms with Crippen molar-refractivity contribution in [3.63, 3.8) is 0 Å². The lowest BCUT2D eigenvalue weighted by atomic mass is 10.2. The molecule has 0 aromatic heterocycles. The first kappa shape index (κ1) is 23.1. The van der Waals surface area contributed by atoms with Gasteiger partial charge in [0, 0.05) is 45.3 Å². The summed E-state index contributed by atoms with van der Waals surface area (Å²) in [6.45, 7) is 3.58. The van der Waals surface area contributed by atoms with Crippen LogP contribution in [0.1, 0.15) is 5.56 Å². The second-order valence-electron chi connectivity index (χ2n) is 6.48. The average Bonchev–Trinajstić information content (AvgIpc) is 2.74. The molecule has 0 aliphatic carbocycles. The molecule has 0 radical (unpaired) electrons. The zero-order chi connectivity index (χ0) is 19.9. The maximum atomic E-state index is 14.0. The maximum Gasteiger partial charge on any atom is 0.194 e. The summed E-state index contributed by atoms with van der Waals surface area (Å²) in [5, 5.41) is 3.40. The molecule has 1 fully saturated rings. The molecule has 1 aliphatic heterocycles. The van der Waals surface area contributed by atoms with Crippen molar-refractivity contribution in [2.75, 3.05) is 52.3 Å². The molecule has 0 bridgehead atoms. The smallest absolute Gasteiger partial charge is 0.194 e. The Morgan fingerprint density at radius 2 is 1.76 bits per heavy atom. The van der Waals surface area contributed by atoms with Gasteiger partial charge in [0.2, 0.25) is 0 Å². The normalized spacial score (nSPS) is 14.3. The lowest BCUT2D eigenvalue weighted by Crippen LogP contribution is -2.52. The molecule has 29 heavy (non-hydrogen) atoms. The van der Waals surface area contributed by atoms with E-state index in [0.717, 1.165) is 43.5 Å². The van der Waals surface area contributed by atoms with Crippen molar-refractivity contribution in [2.45, 2.75) is 6.54 Å². The van der Waals surface area contributed by atoms with E-state index >= 15 is 0 Å². The summed E-state index contributed by atoms with van der Waals surface area (Å²) in [6, 6.07) is 12.7. The fraction of sp³-hybridized carbons (Fsp3) is 0.381. The molecule has 0 unspecified atom stereocenters. The molecule has 0 spiro atoms. The van der Waals surface area contributed by atoms with E-state index in [0.29, 0.717) is 18.0 Å². The lowest BCUT2D eigenvalue weighted by molar-refractivity contribution is 0.350. The maximum absolute atomic E-state index is 14.0. The van der Waals surface area contributed by atoms with E-state index in [9.17, 15) is 4.39 Å². The fourth-order valence-electron chi connectivity index (χ4n) is 3.47. The summed E-state index contributed by atoms with van der Waals surface area (Å²) in [5.41, 5.74) is 1.65. The summed E-state index contributed by atoms with van der Waals surface area (Å²) < 4.78 is 24.9. The van der Waals surface area contributed by atoms with Crippen molar-refractivity contribution in [2.24, 2.45) is 4.99 Å². The molecule has 0 saturated carbocycles. The van der Waals surface area contributed by atoms with Crippen LogP contribution in [0.2, 0.25) is 0 Å². The van der Waals surface area contributed by atoms with E-state index in [1.54, 1.807) is 27.3 Å². The molecule has 2 aromatic rings. The third kappa shape index (κ3) is 5.43. The van der Waals surface area contributed by atoms with Gasteiger partial charge in [0.05, 0.1) is 19.9 Å². The van der Waals surface area contributed by atoms with Crippen molar-refractivity contribution in [1.29, 1.82) is 0 Å². The van der Waals surface area contributed by atoms with Gasteiger partial charge in [0.1, 0.15) is 5.82 Å². The van der Waals surface area contributed by atoms with Crippen molar-refractivity contribution < 1.29 is 13.9 Å². The van der Waals surface area contributed by atoms with Gasteiger partial charge in [-0.1, -0.05) is 24.3 Å². The number of benzene rings is 2. The molecule has 158 valence electrons. The largest absolute Gasteiger partial charge is 0.493 e. The number of rotatable bonds is 5. The monoisotopic (exact) mass is 514 g/mol. The minimum atomic E-state index is -0.177. The van der Waals surface area contributed by atoms with E-state index in [1.807, 2.05) is 30.3 Å². The van der Waals surface area contributed by atoms with Crippen LogP contribution in [0.25, 0.3) is 0 Å². The van der Waals surface area contributed by atoms with E-state index in [1.165, 1.54) is 6.07 Å². The first-order valence-electron chi connectivity index (χ1n) is 9.33. The van der Waals surface area contributed by atoms with Gasteiger partial charge in [-0.05, 0) is 18.2 Å². The number of hydrogen-bond acceptors (Lipinski definition) is 4. The Morgan fingerprint density at radius 1 is 1.03 bits per heavy atom. The predicted molar refractivity (Wildman–Crippen MR) is 125 cm³/mol. The summed E-state index contributed by atoms with van der Waals surface area (Å²) in [4.78, 5) is 8.67. The number of anilines is 1. The van der Waals surface area contributed by atoms with Crippen molar-refractivity contribution in [1.82, 2.24) is 10.2 Å². The van der Waals surface area contributed by atoms with Gasteiger partial charge in [-0.25, -0.2) is 4.39 Å². The minimum absolute atomic E-state index is 0. The number of para-hydroxylation sites is 2. The highest BCUT2D eigenvalue weighted by atomic mass is 127. The molecule has 0 amide bonds. The molecule has 6 nitrogen and oxygen atoms in total. The molecule has 8 heteroatoms. The van der Waals surface area contributed by atoms with Gasteiger partial charge in [0.15, 0.2) is 17.5 Å². The summed E-state index contributed by atoms with van der Waals surface area (Å²) in [7, 11) is 5.04. The summed E-state index contributed by atoms with van der Waals surface area (Å²) in [5.74, 6) is 2.06. The Morgan fingerprint density at radius 3 is 2.38 bits per heavy atom. The van der Waals surface area contributed by atoms with Gasteiger partial charge in [0.25, 0.3) is 0 Å². The fourth-order valence-corrected chi connectivity index (χ4v) is 3.47. The molecule has 1 aliphatic rings. The number of nitrogens with zero attached hydrogens (tertiary/aromatic N) is 3. The van der Waals surface area contributed by atoms with Gasteiger partial charge < -0.3 is 24.6 Å². The Bertz CT molecular complexity index is 826. The van der Waals surface area contributed by atoms with Crippen LogP contribution < -0.4 is 19.7 Å². The second-order valence-corrected chi connectivity index (χ2v) is 6.48. The SMILES string of the molecule is CN=C(NCc1cccc(OC)c1OC)N1CCN(c2ccccc2F)CC1.I. The van der Waals surface area contributed by atoms with Crippen LogP contribution in [0.5, 0.6) is 11.5 Å². The molecular formula is C21H28FIN4O2. The number of methoxy groups -OCH3 is 2. The third-order valence-corrected chi connectivity index (χ3v) is 4.91. The van der Waals surface area contributed by atoms with Crippen molar-refractivity contribution in [3.8, 4) is 11.5 Å². The van der Waals surface area contributed by atoms with Crippen LogP contribution in [0, 0.1) is 5.82 Å². The Balaban J connectivity index is 0.00000300. The van der Waals surface area contributed by atoms with Crippen LogP contribution in [0.3, 0.4) is 0 Å². The average molecular weight is 514 g/mol. The Hall–Kier alpha value is -2.23. The molecule has 2 aromatic carbocycles. The molecular weight excluding hydrogens is 486 g/mol. The first-order valence-corrected chi connectivity index (χ1v) is 9.33.